The van der Waals surface area contributed by atoms with Crippen LogP contribution in [0.5, 0.6) is 0 Å². The maximum Gasteiger partial charge on any atom is 0.358 e. The first-order valence-corrected chi connectivity index (χ1v) is 7.97. The Morgan fingerprint density at radius 1 is 1.29 bits per heavy atom. The monoisotopic (exact) mass is 311 g/mol. The second-order valence-electron chi connectivity index (χ2n) is 5.09. The van der Waals surface area contributed by atoms with E-state index in [1.54, 1.807) is 6.92 Å². The Bertz CT molecular complexity index is 530. The van der Waals surface area contributed by atoms with E-state index in [2.05, 4.69) is 21.8 Å². The number of aromatic nitrogens is 1. The lowest BCUT2D eigenvalue weighted by Crippen LogP contribution is -2.28. The average molecular weight is 311 g/mol. The van der Waals surface area contributed by atoms with E-state index in [1.165, 1.54) is 18.3 Å². The lowest BCUT2D eigenvalue weighted by atomic mass is 10.3. The lowest BCUT2D eigenvalue weighted by Gasteiger charge is -2.19. The van der Waals surface area contributed by atoms with Gasteiger partial charge in [-0.15, -0.1) is 0 Å². The molecule has 1 aliphatic rings. The van der Waals surface area contributed by atoms with Crippen molar-refractivity contribution in [2.24, 2.45) is 0 Å². The van der Waals surface area contributed by atoms with Crippen LogP contribution in [0.2, 0.25) is 0 Å². The summed E-state index contributed by atoms with van der Waals surface area (Å²) < 4.78 is 4.99. The highest BCUT2D eigenvalue weighted by Gasteiger charge is 2.25. The van der Waals surface area contributed by atoms with Gasteiger partial charge >= 0.3 is 5.97 Å². The number of ketones is 1. The Kier molecular flexibility index (Phi) is 5.30. The number of anilines is 1. The molecule has 1 saturated heterocycles. The first kappa shape index (κ1) is 15.9. The van der Waals surface area contributed by atoms with Crippen LogP contribution in [0.25, 0.3) is 0 Å². The third-order valence-electron chi connectivity index (χ3n) is 3.39. The van der Waals surface area contributed by atoms with Crippen molar-refractivity contribution >= 4 is 28.2 Å². The zero-order valence-corrected chi connectivity index (χ0v) is 13.5. The van der Waals surface area contributed by atoms with Crippen LogP contribution in [-0.4, -0.2) is 61.5 Å². The van der Waals surface area contributed by atoms with Crippen molar-refractivity contribution in [3.63, 3.8) is 0 Å². The maximum atomic E-state index is 11.9. The molecule has 21 heavy (non-hydrogen) atoms. The molecule has 2 rings (SSSR count). The molecule has 1 aromatic rings. The van der Waals surface area contributed by atoms with Crippen molar-refractivity contribution in [1.29, 1.82) is 0 Å². The molecule has 0 amide bonds. The van der Waals surface area contributed by atoms with Crippen LogP contribution in [0.1, 0.15) is 40.4 Å². The maximum absolute atomic E-state index is 11.9. The van der Waals surface area contributed by atoms with Crippen LogP contribution < -0.4 is 4.90 Å². The average Bonchev–Trinajstić information content (AvgIpc) is 2.77. The number of ether oxygens (including phenoxy) is 1. The smallest absolute Gasteiger partial charge is 0.358 e. The Balaban J connectivity index is 2.26. The molecule has 116 valence electrons. The highest BCUT2D eigenvalue weighted by atomic mass is 32.1. The Morgan fingerprint density at radius 2 is 2.05 bits per heavy atom. The summed E-state index contributed by atoms with van der Waals surface area (Å²) >= 11 is 1.28. The zero-order chi connectivity index (χ0) is 15.4. The van der Waals surface area contributed by atoms with E-state index in [4.69, 9.17) is 4.74 Å². The standard InChI is InChI=1S/C14H21N3O3S/c1-4-20-13(19)11-12(10(2)18)21-14(15-11)17-7-5-6-16(3)8-9-17/h4-9H2,1-3H3. The summed E-state index contributed by atoms with van der Waals surface area (Å²) in [6.45, 7) is 7.20. The molecule has 1 aromatic heterocycles. The molecule has 1 aliphatic heterocycles. The second kappa shape index (κ2) is 7.00. The van der Waals surface area contributed by atoms with Gasteiger partial charge in [-0.25, -0.2) is 9.78 Å². The molecule has 0 aliphatic carbocycles. The minimum atomic E-state index is -0.517. The van der Waals surface area contributed by atoms with Gasteiger partial charge in [-0.2, -0.15) is 0 Å². The lowest BCUT2D eigenvalue weighted by molar-refractivity contribution is 0.0517. The molecule has 0 atom stereocenters. The fourth-order valence-electron chi connectivity index (χ4n) is 2.26. The van der Waals surface area contributed by atoms with Gasteiger partial charge in [0.25, 0.3) is 0 Å². The van der Waals surface area contributed by atoms with E-state index >= 15 is 0 Å². The number of hydrogen-bond donors (Lipinski definition) is 0. The molecule has 6 nitrogen and oxygen atoms in total. The second-order valence-corrected chi connectivity index (χ2v) is 6.07. The van der Waals surface area contributed by atoms with Crippen LogP contribution >= 0.6 is 11.3 Å². The molecular weight excluding hydrogens is 290 g/mol. The molecule has 0 N–H and O–H groups in total. The van der Waals surface area contributed by atoms with Gasteiger partial charge in [-0.3, -0.25) is 4.79 Å². The third kappa shape index (κ3) is 3.79. The van der Waals surface area contributed by atoms with Crippen LogP contribution in [-0.2, 0) is 4.74 Å². The van der Waals surface area contributed by atoms with Gasteiger partial charge in [-0.1, -0.05) is 11.3 Å². The summed E-state index contributed by atoms with van der Waals surface area (Å²) in [4.78, 5) is 32.8. The Morgan fingerprint density at radius 3 is 2.71 bits per heavy atom. The highest BCUT2D eigenvalue weighted by Crippen LogP contribution is 2.28. The van der Waals surface area contributed by atoms with Crippen molar-refractivity contribution in [2.45, 2.75) is 20.3 Å². The molecule has 0 bridgehead atoms. The first-order valence-electron chi connectivity index (χ1n) is 7.15. The van der Waals surface area contributed by atoms with Gasteiger partial charge in [-0.05, 0) is 26.9 Å². The molecule has 0 saturated carbocycles. The number of thiazole rings is 1. The van der Waals surface area contributed by atoms with Gasteiger partial charge in [0.2, 0.25) is 0 Å². The SMILES string of the molecule is CCOC(=O)c1nc(N2CCCN(C)CC2)sc1C(C)=O. The minimum absolute atomic E-state index is 0.145. The number of likely N-dealkylation sites (N-methyl/N-ethyl adjacent to an activating group) is 1. The Hall–Kier alpha value is -1.47. The van der Waals surface area contributed by atoms with Crippen molar-refractivity contribution in [3.8, 4) is 0 Å². The molecule has 7 heteroatoms. The van der Waals surface area contributed by atoms with Crippen LogP contribution in [0.3, 0.4) is 0 Å². The summed E-state index contributed by atoms with van der Waals surface area (Å²) in [5.41, 5.74) is 0.155. The number of rotatable bonds is 4. The van der Waals surface area contributed by atoms with E-state index < -0.39 is 5.97 Å². The molecular formula is C14H21N3O3S. The van der Waals surface area contributed by atoms with Gasteiger partial charge < -0.3 is 14.5 Å². The fourth-order valence-corrected chi connectivity index (χ4v) is 3.26. The van der Waals surface area contributed by atoms with E-state index in [0.29, 0.717) is 4.88 Å². The summed E-state index contributed by atoms with van der Waals surface area (Å²) in [7, 11) is 2.09. The van der Waals surface area contributed by atoms with Crippen molar-refractivity contribution in [2.75, 3.05) is 44.7 Å². The van der Waals surface area contributed by atoms with E-state index in [1.807, 2.05) is 0 Å². The van der Waals surface area contributed by atoms with Crippen molar-refractivity contribution < 1.29 is 14.3 Å². The number of esters is 1. The number of Topliss-reactive ketones (excluding diaryl/α,β-unsaturated/α-hetero) is 1. The Labute approximate surface area is 128 Å². The van der Waals surface area contributed by atoms with Crippen LogP contribution in [0, 0.1) is 0 Å². The fraction of sp³-hybridized carbons (Fsp3) is 0.643. The van der Waals surface area contributed by atoms with Crippen LogP contribution in [0.4, 0.5) is 5.13 Å². The summed E-state index contributed by atoms with van der Waals surface area (Å²) in [6, 6.07) is 0. The van der Waals surface area contributed by atoms with Gasteiger partial charge in [0.15, 0.2) is 16.6 Å². The largest absolute Gasteiger partial charge is 0.461 e. The van der Waals surface area contributed by atoms with Gasteiger partial charge in [0.1, 0.15) is 4.88 Å². The number of hydrogen-bond acceptors (Lipinski definition) is 7. The predicted molar refractivity (Wildman–Crippen MR) is 82.4 cm³/mol. The highest BCUT2D eigenvalue weighted by molar-refractivity contribution is 7.17. The normalized spacial score (nSPS) is 16.6. The van der Waals surface area contributed by atoms with Gasteiger partial charge in [0.05, 0.1) is 6.61 Å². The summed E-state index contributed by atoms with van der Waals surface area (Å²) in [6.07, 6.45) is 1.04. The minimum Gasteiger partial charge on any atom is -0.461 e. The molecule has 0 spiro atoms. The van der Waals surface area contributed by atoms with Gasteiger partial charge in [0, 0.05) is 26.6 Å². The molecule has 2 heterocycles. The number of carbonyl (C=O) groups excluding carboxylic acids is 2. The first-order chi connectivity index (χ1) is 10.0. The molecule has 1 fully saturated rings. The zero-order valence-electron chi connectivity index (χ0n) is 12.7. The molecule has 0 aromatic carbocycles. The molecule has 0 radical (unpaired) electrons. The number of carbonyl (C=O) groups is 2. The van der Waals surface area contributed by atoms with E-state index in [9.17, 15) is 9.59 Å². The van der Waals surface area contributed by atoms with Crippen molar-refractivity contribution in [1.82, 2.24) is 9.88 Å². The van der Waals surface area contributed by atoms with E-state index in [-0.39, 0.29) is 18.1 Å². The number of nitrogens with zero attached hydrogens (tertiary/aromatic N) is 3. The van der Waals surface area contributed by atoms with Crippen molar-refractivity contribution in [3.05, 3.63) is 10.6 Å². The summed E-state index contributed by atoms with van der Waals surface area (Å²) in [5.74, 6) is -0.661. The molecule has 0 unspecified atom stereocenters. The third-order valence-corrected chi connectivity index (χ3v) is 4.61. The van der Waals surface area contributed by atoms with Crippen LogP contribution in [0.15, 0.2) is 0 Å². The topological polar surface area (TPSA) is 62.7 Å². The van der Waals surface area contributed by atoms with E-state index in [0.717, 1.165) is 37.7 Å². The summed E-state index contributed by atoms with van der Waals surface area (Å²) in [5, 5.41) is 0.735. The quantitative estimate of drug-likeness (QED) is 0.622. The predicted octanol–water partition coefficient (Wildman–Crippen LogP) is 1.66.